The van der Waals surface area contributed by atoms with Crippen molar-refractivity contribution in [3.63, 3.8) is 0 Å². The van der Waals surface area contributed by atoms with E-state index in [1.165, 1.54) is 56.9 Å². The number of ether oxygens (including phenoxy) is 2. The van der Waals surface area contributed by atoms with Crippen LogP contribution < -0.4 is 4.74 Å². The minimum atomic E-state index is -1.42. The fourth-order valence-electron chi connectivity index (χ4n) is 6.10. The van der Waals surface area contributed by atoms with E-state index in [1.807, 2.05) is 13.8 Å². The monoisotopic (exact) mass is 606 g/mol. The zero-order chi connectivity index (χ0) is 32.5. The molecule has 43 heavy (non-hydrogen) atoms. The molecule has 1 aromatic carbocycles. The average molecular weight is 607 g/mol. The van der Waals surface area contributed by atoms with Crippen molar-refractivity contribution in [3.05, 3.63) is 33.8 Å². The van der Waals surface area contributed by atoms with Crippen LogP contribution in [-0.4, -0.2) is 55.9 Å². The number of rotatable bonds is 14. The molecule has 2 aliphatic heterocycles. The van der Waals surface area contributed by atoms with Gasteiger partial charge in [0.05, 0.1) is 6.61 Å². The highest BCUT2D eigenvalue weighted by Gasteiger charge is 2.39. The molecule has 1 aromatic rings. The Kier molecular flexibility index (Phi) is 14.2. The fraction of sp³-hybridized carbons (Fsp3) is 0.743. The van der Waals surface area contributed by atoms with Crippen LogP contribution in [0.15, 0.2) is 11.5 Å². The largest absolute Gasteiger partial charge is 0.507 e. The van der Waals surface area contributed by atoms with Gasteiger partial charge in [-0.15, -0.1) is 0 Å². The summed E-state index contributed by atoms with van der Waals surface area (Å²) in [7, 11) is 0. The molecule has 0 amide bonds. The molecule has 0 saturated heterocycles. The summed E-state index contributed by atoms with van der Waals surface area (Å²) in [4.78, 5) is 10.5. The number of aliphatic hydroxyl groups is 4. The SMILES string of the molecule is Cc1c(C)c2c(c(C)c1O)CCC(C)(CCCC(C)CCCC(C)CCCC(C)C)O2.O=C1O[C@H]([C@@H](O)CO)C(O)=C1O. The highest BCUT2D eigenvalue weighted by atomic mass is 16.6. The Bertz CT molecular complexity index is 1090. The lowest BCUT2D eigenvalue weighted by Crippen LogP contribution is -2.37. The lowest BCUT2D eigenvalue weighted by molar-refractivity contribution is -0.147. The van der Waals surface area contributed by atoms with Gasteiger partial charge in [-0.2, -0.15) is 0 Å². The molecule has 0 aliphatic carbocycles. The maximum atomic E-state index is 10.5. The number of hydrogen-bond donors (Lipinski definition) is 5. The van der Waals surface area contributed by atoms with Crippen molar-refractivity contribution in [2.24, 2.45) is 17.8 Å². The van der Waals surface area contributed by atoms with E-state index in [2.05, 4.69) is 46.3 Å². The molecule has 0 saturated carbocycles. The number of carbonyl (C=O) groups excluding carboxylic acids is 1. The minimum Gasteiger partial charge on any atom is -0.507 e. The summed E-state index contributed by atoms with van der Waals surface area (Å²) >= 11 is 0. The molecule has 0 radical (unpaired) electrons. The molecule has 0 fully saturated rings. The van der Waals surface area contributed by atoms with E-state index in [0.29, 0.717) is 5.75 Å². The van der Waals surface area contributed by atoms with Gasteiger partial charge in [-0.25, -0.2) is 4.79 Å². The van der Waals surface area contributed by atoms with Gasteiger partial charge in [0.25, 0.3) is 0 Å². The molecule has 5 atom stereocenters. The van der Waals surface area contributed by atoms with Gasteiger partial charge >= 0.3 is 5.97 Å². The van der Waals surface area contributed by atoms with Gasteiger partial charge in [-0.05, 0) is 87.8 Å². The highest BCUT2D eigenvalue weighted by molar-refractivity contribution is 5.89. The number of phenols is 1. The van der Waals surface area contributed by atoms with Crippen LogP contribution in [-0.2, 0) is 16.0 Å². The number of carbonyl (C=O) groups is 1. The maximum absolute atomic E-state index is 10.5. The molecule has 246 valence electrons. The van der Waals surface area contributed by atoms with Crippen molar-refractivity contribution in [1.82, 2.24) is 0 Å². The third-order valence-electron chi connectivity index (χ3n) is 9.34. The number of aliphatic hydroxyl groups excluding tert-OH is 4. The van der Waals surface area contributed by atoms with Crippen LogP contribution in [0.1, 0.15) is 121 Å². The average Bonchev–Trinajstić information content (AvgIpc) is 3.21. The zero-order valence-corrected chi connectivity index (χ0v) is 27.8. The van der Waals surface area contributed by atoms with Crippen LogP contribution in [0.5, 0.6) is 11.5 Å². The second-order valence-corrected chi connectivity index (χ2v) is 13.8. The van der Waals surface area contributed by atoms with E-state index in [9.17, 15) is 9.90 Å². The first kappa shape index (κ1) is 36.7. The fourth-order valence-corrected chi connectivity index (χ4v) is 6.10. The Balaban J connectivity index is 0.000000448. The molecule has 3 unspecified atom stereocenters. The first-order chi connectivity index (χ1) is 20.1. The standard InChI is InChI=1S/C29H50O2.C6H8O6/c1-20(2)12-9-13-21(3)14-10-15-22(4)16-11-18-29(8)19-17-26-25(7)27(30)23(5)24(6)28(26)31-29;7-1-2(8)5-3(9)4(10)6(11)12-5/h20-22,30H,9-19H2,1-8H3;2,5,7-10H,1H2/t;2-,5+/m.0/s1. The van der Waals surface area contributed by atoms with Crippen LogP contribution in [0.4, 0.5) is 0 Å². The highest BCUT2D eigenvalue weighted by Crippen LogP contribution is 2.44. The molecule has 8 nitrogen and oxygen atoms in total. The van der Waals surface area contributed by atoms with E-state index in [-0.39, 0.29) is 5.60 Å². The van der Waals surface area contributed by atoms with Gasteiger partial charge < -0.3 is 35.0 Å². The van der Waals surface area contributed by atoms with Crippen molar-refractivity contribution < 1.29 is 39.8 Å². The number of aromatic hydroxyl groups is 1. The quantitative estimate of drug-likeness (QED) is 0.138. The van der Waals surface area contributed by atoms with Crippen LogP contribution in [0.25, 0.3) is 0 Å². The Labute approximate surface area is 259 Å². The maximum Gasteiger partial charge on any atom is 0.377 e. The molecular formula is C35H58O8. The molecule has 2 aliphatic rings. The first-order valence-corrected chi connectivity index (χ1v) is 16.2. The van der Waals surface area contributed by atoms with Gasteiger partial charge in [-0.3, -0.25) is 0 Å². The number of fused-ring (bicyclic) bond motifs is 1. The molecule has 0 spiro atoms. The summed E-state index contributed by atoms with van der Waals surface area (Å²) < 4.78 is 10.9. The zero-order valence-electron chi connectivity index (χ0n) is 27.8. The number of phenolic OH excluding ortho intramolecular Hbond substituents is 1. The van der Waals surface area contributed by atoms with Crippen molar-refractivity contribution in [2.45, 2.75) is 144 Å². The lowest BCUT2D eigenvalue weighted by Gasteiger charge is -2.38. The van der Waals surface area contributed by atoms with Crippen molar-refractivity contribution in [3.8, 4) is 11.5 Å². The van der Waals surface area contributed by atoms with Crippen LogP contribution >= 0.6 is 0 Å². The Hall–Kier alpha value is -2.45. The number of hydrogen-bond acceptors (Lipinski definition) is 8. The minimum absolute atomic E-state index is 0.0712. The molecule has 0 bridgehead atoms. The summed E-state index contributed by atoms with van der Waals surface area (Å²) in [5.74, 6) is 1.26. The summed E-state index contributed by atoms with van der Waals surface area (Å²) in [5.41, 5.74) is 4.23. The van der Waals surface area contributed by atoms with E-state index in [0.717, 1.165) is 59.5 Å². The van der Waals surface area contributed by atoms with Crippen molar-refractivity contribution in [2.75, 3.05) is 6.61 Å². The summed E-state index contributed by atoms with van der Waals surface area (Å²) in [6, 6.07) is 0. The molecule has 8 heteroatoms. The third-order valence-corrected chi connectivity index (χ3v) is 9.34. The topological polar surface area (TPSA) is 137 Å². The summed E-state index contributed by atoms with van der Waals surface area (Å²) in [6.45, 7) is 17.3. The normalized spacial score (nSPS) is 21.9. The van der Waals surface area contributed by atoms with E-state index in [4.69, 9.17) is 25.2 Å². The van der Waals surface area contributed by atoms with Gasteiger partial charge in [-0.1, -0.05) is 72.6 Å². The van der Waals surface area contributed by atoms with Gasteiger partial charge in [0.2, 0.25) is 5.76 Å². The Morgan fingerprint density at radius 3 is 1.93 bits per heavy atom. The summed E-state index contributed by atoms with van der Waals surface area (Å²) in [6.07, 6.45) is 11.3. The predicted octanol–water partition coefficient (Wildman–Crippen LogP) is 7.43. The smallest absolute Gasteiger partial charge is 0.377 e. The van der Waals surface area contributed by atoms with Crippen molar-refractivity contribution >= 4 is 5.97 Å². The van der Waals surface area contributed by atoms with Gasteiger partial charge in [0.1, 0.15) is 23.2 Å². The van der Waals surface area contributed by atoms with Gasteiger partial charge in [0, 0.05) is 5.56 Å². The van der Waals surface area contributed by atoms with E-state index in [1.54, 1.807) is 0 Å². The van der Waals surface area contributed by atoms with E-state index >= 15 is 0 Å². The van der Waals surface area contributed by atoms with E-state index < -0.39 is 36.3 Å². The van der Waals surface area contributed by atoms with Crippen LogP contribution in [0, 0.1) is 38.5 Å². The number of cyclic esters (lactones) is 1. The first-order valence-electron chi connectivity index (χ1n) is 16.2. The third kappa shape index (κ3) is 10.3. The molecular weight excluding hydrogens is 548 g/mol. The summed E-state index contributed by atoms with van der Waals surface area (Å²) in [5, 5.41) is 45.4. The molecule has 2 heterocycles. The second-order valence-electron chi connectivity index (χ2n) is 13.8. The lowest BCUT2D eigenvalue weighted by atomic mass is 9.84. The number of benzene rings is 1. The van der Waals surface area contributed by atoms with Crippen LogP contribution in [0.2, 0.25) is 0 Å². The molecule has 0 aromatic heterocycles. The Morgan fingerprint density at radius 2 is 1.42 bits per heavy atom. The van der Waals surface area contributed by atoms with Crippen LogP contribution in [0.3, 0.4) is 0 Å². The van der Waals surface area contributed by atoms with Gasteiger partial charge in [0.15, 0.2) is 11.9 Å². The Morgan fingerprint density at radius 1 is 0.860 bits per heavy atom. The predicted molar refractivity (Wildman–Crippen MR) is 170 cm³/mol. The second kappa shape index (κ2) is 16.6. The van der Waals surface area contributed by atoms with Crippen molar-refractivity contribution in [1.29, 1.82) is 0 Å². The number of esters is 1. The molecule has 3 rings (SSSR count). The molecule has 5 N–H and O–H groups in total.